The number of hydrogen-bond donors (Lipinski definition) is 1. The molecule has 1 N–H and O–H groups in total. The summed E-state index contributed by atoms with van der Waals surface area (Å²) in [6.07, 6.45) is 6.59. The van der Waals surface area contributed by atoms with E-state index in [4.69, 9.17) is 9.47 Å². The molecule has 2 rings (SSSR count). The van der Waals surface area contributed by atoms with Crippen LogP contribution in [0.25, 0.3) is 0 Å². The minimum atomic E-state index is 0.568. The molecule has 1 fully saturated rings. The lowest BCUT2D eigenvalue weighted by Gasteiger charge is -2.27. The van der Waals surface area contributed by atoms with E-state index in [9.17, 15) is 0 Å². The Balaban J connectivity index is 2.01. The van der Waals surface area contributed by atoms with E-state index in [1.807, 2.05) is 0 Å². The van der Waals surface area contributed by atoms with E-state index in [2.05, 4.69) is 22.2 Å². The van der Waals surface area contributed by atoms with Gasteiger partial charge >= 0.3 is 0 Å². The zero-order valence-corrected chi connectivity index (χ0v) is 12.0. The fourth-order valence-corrected chi connectivity index (χ4v) is 2.75. The van der Waals surface area contributed by atoms with Gasteiger partial charge in [0, 0.05) is 12.6 Å². The average molecular weight is 265 g/mol. The van der Waals surface area contributed by atoms with E-state index >= 15 is 0 Å². The van der Waals surface area contributed by atoms with Gasteiger partial charge in [-0.3, -0.25) is 0 Å². The Labute approximate surface area is 114 Å². The van der Waals surface area contributed by atoms with Gasteiger partial charge in [-0.2, -0.15) is 0 Å². The molecule has 0 aliphatic heterocycles. The molecule has 0 bridgehead atoms. The molecular weight excluding hydrogens is 242 g/mol. The SMILES string of the molecule is COc1ncnc(OC)c1CNC1CCCC(C)C1. The predicted molar refractivity (Wildman–Crippen MR) is 73.4 cm³/mol. The summed E-state index contributed by atoms with van der Waals surface area (Å²) in [5, 5.41) is 3.58. The number of aromatic nitrogens is 2. The van der Waals surface area contributed by atoms with Gasteiger partial charge in [0.2, 0.25) is 11.8 Å². The summed E-state index contributed by atoms with van der Waals surface area (Å²) >= 11 is 0. The molecule has 19 heavy (non-hydrogen) atoms. The monoisotopic (exact) mass is 265 g/mol. The van der Waals surface area contributed by atoms with Crippen LogP contribution in [-0.4, -0.2) is 30.2 Å². The molecular formula is C14H23N3O2. The number of rotatable bonds is 5. The second-order valence-electron chi connectivity index (χ2n) is 5.22. The molecule has 0 saturated heterocycles. The molecule has 5 heteroatoms. The van der Waals surface area contributed by atoms with Crippen molar-refractivity contribution in [2.45, 2.75) is 45.2 Å². The van der Waals surface area contributed by atoms with Crippen molar-refractivity contribution in [1.29, 1.82) is 0 Å². The van der Waals surface area contributed by atoms with Gasteiger partial charge in [0.25, 0.3) is 0 Å². The lowest BCUT2D eigenvalue weighted by Crippen LogP contribution is -2.33. The minimum Gasteiger partial charge on any atom is -0.481 e. The van der Waals surface area contributed by atoms with Gasteiger partial charge in [-0.05, 0) is 18.8 Å². The molecule has 0 amide bonds. The number of nitrogens with one attached hydrogen (secondary N) is 1. The van der Waals surface area contributed by atoms with Crippen LogP contribution >= 0.6 is 0 Å². The van der Waals surface area contributed by atoms with Gasteiger partial charge in [0.15, 0.2) is 0 Å². The number of nitrogens with zero attached hydrogens (tertiary/aromatic N) is 2. The summed E-state index contributed by atoms with van der Waals surface area (Å²) in [5.74, 6) is 1.98. The first-order valence-corrected chi connectivity index (χ1v) is 6.89. The summed E-state index contributed by atoms with van der Waals surface area (Å²) in [4.78, 5) is 8.26. The standard InChI is InChI=1S/C14H23N3O2/c1-10-5-4-6-11(7-10)15-8-12-13(18-2)16-9-17-14(12)19-3/h9-11,15H,4-8H2,1-3H3. The van der Waals surface area contributed by atoms with Crippen LogP contribution in [0.4, 0.5) is 0 Å². The molecule has 5 nitrogen and oxygen atoms in total. The predicted octanol–water partition coefficient (Wildman–Crippen LogP) is 2.16. The summed E-state index contributed by atoms with van der Waals surface area (Å²) in [6, 6.07) is 0.568. The maximum absolute atomic E-state index is 5.28. The zero-order valence-electron chi connectivity index (χ0n) is 12.0. The van der Waals surface area contributed by atoms with Crippen molar-refractivity contribution in [3.05, 3.63) is 11.9 Å². The third kappa shape index (κ3) is 3.56. The first-order chi connectivity index (χ1) is 9.24. The quantitative estimate of drug-likeness (QED) is 0.884. The topological polar surface area (TPSA) is 56.3 Å². The highest BCUT2D eigenvalue weighted by Crippen LogP contribution is 2.26. The second-order valence-corrected chi connectivity index (χ2v) is 5.22. The summed E-state index contributed by atoms with van der Waals surface area (Å²) in [5.41, 5.74) is 0.894. The van der Waals surface area contributed by atoms with Crippen LogP contribution in [0.1, 0.15) is 38.2 Å². The van der Waals surface area contributed by atoms with E-state index in [0.29, 0.717) is 24.3 Å². The molecule has 0 aromatic carbocycles. The van der Waals surface area contributed by atoms with Crippen LogP contribution in [0, 0.1) is 5.92 Å². The van der Waals surface area contributed by atoms with E-state index in [-0.39, 0.29) is 0 Å². The Morgan fingerprint density at radius 1 is 1.21 bits per heavy atom. The zero-order chi connectivity index (χ0) is 13.7. The highest BCUT2D eigenvalue weighted by atomic mass is 16.5. The molecule has 1 aliphatic carbocycles. The molecule has 0 radical (unpaired) electrons. The van der Waals surface area contributed by atoms with Crippen molar-refractivity contribution >= 4 is 0 Å². The van der Waals surface area contributed by atoms with Crippen LogP contribution in [0.15, 0.2) is 6.33 Å². The molecule has 0 spiro atoms. The normalized spacial score (nSPS) is 23.1. The second kappa shape index (κ2) is 6.70. The van der Waals surface area contributed by atoms with Crippen LogP contribution in [0.2, 0.25) is 0 Å². The largest absolute Gasteiger partial charge is 0.481 e. The molecule has 1 aliphatic rings. The van der Waals surface area contributed by atoms with Gasteiger partial charge in [-0.1, -0.05) is 19.8 Å². The summed E-state index contributed by atoms with van der Waals surface area (Å²) in [6.45, 7) is 3.01. The highest BCUT2D eigenvalue weighted by Gasteiger charge is 2.20. The van der Waals surface area contributed by atoms with Crippen molar-refractivity contribution in [3.63, 3.8) is 0 Å². The van der Waals surface area contributed by atoms with Crippen molar-refractivity contribution in [2.75, 3.05) is 14.2 Å². The number of ether oxygens (including phenoxy) is 2. The number of hydrogen-bond acceptors (Lipinski definition) is 5. The van der Waals surface area contributed by atoms with Crippen molar-refractivity contribution < 1.29 is 9.47 Å². The first kappa shape index (κ1) is 14.1. The maximum Gasteiger partial charge on any atom is 0.224 e. The molecule has 2 unspecified atom stereocenters. The molecule has 1 aromatic rings. The van der Waals surface area contributed by atoms with Crippen LogP contribution in [0.5, 0.6) is 11.8 Å². The van der Waals surface area contributed by atoms with E-state index in [0.717, 1.165) is 11.5 Å². The van der Waals surface area contributed by atoms with E-state index < -0.39 is 0 Å². The maximum atomic E-state index is 5.28. The van der Waals surface area contributed by atoms with Crippen molar-refractivity contribution in [1.82, 2.24) is 15.3 Å². The lowest BCUT2D eigenvalue weighted by atomic mass is 9.87. The molecule has 2 atom stereocenters. The number of methoxy groups -OCH3 is 2. The summed E-state index contributed by atoms with van der Waals surface area (Å²) < 4.78 is 10.6. The minimum absolute atomic E-state index is 0.568. The molecule has 1 heterocycles. The molecule has 106 valence electrons. The Morgan fingerprint density at radius 3 is 2.47 bits per heavy atom. The van der Waals surface area contributed by atoms with E-state index in [1.54, 1.807) is 14.2 Å². The molecule has 1 aromatic heterocycles. The third-order valence-electron chi connectivity index (χ3n) is 3.76. The van der Waals surface area contributed by atoms with Crippen LogP contribution < -0.4 is 14.8 Å². The third-order valence-corrected chi connectivity index (χ3v) is 3.76. The molecule has 1 saturated carbocycles. The average Bonchev–Trinajstić information content (AvgIpc) is 2.44. The van der Waals surface area contributed by atoms with Gasteiger partial charge in [0.1, 0.15) is 6.33 Å². The van der Waals surface area contributed by atoms with Crippen molar-refractivity contribution in [3.8, 4) is 11.8 Å². The Kier molecular flexibility index (Phi) is 4.96. The van der Waals surface area contributed by atoms with Gasteiger partial charge < -0.3 is 14.8 Å². The Bertz CT molecular complexity index is 389. The van der Waals surface area contributed by atoms with E-state index in [1.165, 1.54) is 32.0 Å². The fraction of sp³-hybridized carbons (Fsp3) is 0.714. The highest BCUT2D eigenvalue weighted by molar-refractivity contribution is 5.34. The van der Waals surface area contributed by atoms with Crippen LogP contribution in [-0.2, 0) is 6.54 Å². The Hall–Kier alpha value is -1.36. The van der Waals surface area contributed by atoms with Crippen LogP contribution in [0.3, 0.4) is 0 Å². The fourth-order valence-electron chi connectivity index (χ4n) is 2.75. The smallest absolute Gasteiger partial charge is 0.224 e. The lowest BCUT2D eigenvalue weighted by molar-refractivity contribution is 0.295. The van der Waals surface area contributed by atoms with Crippen molar-refractivity contribution in [2.24, 2.45) is 5.92 Å². The van der Waals surface area contributed by atoms with Gasteiger partial charge in [0.05, 0.1) is 19.8 Å². The van der Waals surface area contributed by atoms with Gasteiger partial charge in [-0.25, -0.2) is 9.97 Å². The summed E-state index contributed by atoms with van der Waals surface area (Å²) in [7, 11) is 3.24. The van der Waals surface area contributed by atoms with Gasteiger partial charge in [-0.15, -0.1) is 0 Å². The Morgan fingerprint density at radius 2 is 1.89 bits per heavy atom. The first-order valence-electron chi connectivity index (χ1n) is 6.89.